The lowest BCUT2D eigenvalue weighted by molar-refractivity contribution is -0.131. The fourth-order valence-corrected chi connectivity index (χ4v) is 3.58. The van der Waals surface area contributed by atoms with E-state index in [0.29, 0.717) is 24.3 Å². The van der Waals surface area contributed by atoms with Gasteiger partial charge in [0.15, 0.2) is 0 Å². The van der Waals surface area contributed by atoms with Gasteiger partial charge in [0.2, 0.25) is 5.91 Å². The van der Waals surface area contributed by atoms with Crippen molar-refractivity contribution in [2.75, 3.05) is 13.7 Å². The van der Waals surface area contributed by atoms with Gasteiger partial charge in [-0.25, -0.2) is 4.98 Å². The summed E-state index contributed by atoms with van der Waals surface area (Å²) in [6, 6.07) is 7.81. The molecule has 0 saturated carbocycles. The Morgan fingerprint density at radius 3 is 2.96 bits per heavy atom. The average Bonchev–Trinajstić information content (AvgIpc) is 3.28. The van der Waals surface area contributed by atoms with E-state index in [4.69, 9.17) is 4.74 Å². The third kappa shape index (κ3) is 3.14. The SMILES string of the molecule is COc1cccc(C2CN(C(=O)Cc3c(C)[nH][nH]c3=O)Cc3[nH]cnc32)c1. The Morgan fingerprint density at radius 1 is 1.37 bits per heavy atom. The predicted molar refractivity (Wildman–Crippen MR) is 98.7 cm³/mol. The molecule has 1 amide bonds. The number of aromatic nitrogens is 4. The molecule has 3 N–H and O–H groups in total. The summed E-state index contributed by atoms with van der Waals surface area (Å²) in [6.07, 6.45) is 1.73. The molecule has 3 heterocycles. The lowest BCUT2D eigenvalue weighted by atomic mass is 9.90. The molecule has 27 heavy (non-hydrogen) atoms. The van der Waals surface area contributed by atoms with Gasteiger partial charge in [-0.2, -0.15) is 0 Å². The van der Waals surface area contributed by atoms with E-state index in [-0.39, 0.29) is 23.8 Å². The first-order chi connectivity index (χ1) is 13.1. The van der Waals surface area contributed by atoms with Crippen LogP contribution in [0.15, 0.2) is 35.4 Å². The molecule has 140 valence electrons. The third-order valence-electron chi connectivity index (χ3n) is 5.10. The quantitative estimate of drug-likeness (QED) is 0.649. The van der Waals surface area contributed by atoms with Gasteiger partial charge in [-0.3, -0.25) is 14.7 Å². The summed E-state index contributed by atoms with van der Waals surface area (Å²) < 4.78 is 5.34. The number of carbonyl (C=O) groups excluding carboxylic acids is 1. The van der Waals surface area contributed by atoms with Gasteiger partial charge in [0.25, 0.3) is 5.56 Å². The van der Waals surface area contributed by atoms with Crippen LogP contribution in [-0.4, -0.2) is 44.6 Å². The Hall–Kier alpha value is -3.29. The van der Waals surface area contributed by atoms with Gasteiger partial charge >= 0.3 is 0 Å². The van der Waals surface area contributed by atoms with Crippen LogP contribution in [0.5, 0.6) is 5.75 Å². The number of nitrogens with zero attached hydrogens (tertiary/aromatic N) is 2. The number of imidazole rings is 1. The summed E-state index contributed by atoms with van der Waals surface area (Å²) in [5.74, 6) is 0.628. The summed E-state index contributed by atoms with van der Waals surface area (Å²) in [5, 5.41) is 5.29. The van der Waals surface area contributed by atoms with Crippen molar-refractivity contribution in [3.63, 3.8) is 0 Å². The van der Waals surface area contributed by atoms with Gasteiger partial charge in [0.1, 0.15) is 5.75 Å². The highest BCUT2D eigenvalue weighted by Gasteiger charge is 2.32. The first-order valence-corrected chi connectivity index (χ1v) is 8.76. The van der Waals surface area contributed by atoms with E-state index in [1.54, 1.807) is 25.3 Å². The number of hydrogen-bond acceptors (Lipinski definition) is 4. The number of methoxy groups -OCH3 is 1. The van der Waals surface area contributed by atoms with Crippen molar-refractivity contribution >= 4 is 5.91 Å². The number of fused-ring (bicyclic) bond motifs is 1. The highest BCUT2D eigenvalue weighted by molar-refractivity contribution is 5.79. The summed E-state index contributed by atoms with van der Waals surface area (Å²) in [4.78, 5) is 34.2. The molecule has 0 fully saturated rings. The Kier molecular flexibility index (Phi) is 4.31. The minimum atomic E-state index is -0.246. The lowest BCUT2D eigenvalue weighted by Crippen LogP contribution is -2.40. The van der Waals surface area contributed by atoms with Crippen LogP contribution < -0.4 is 10.3 Å². The van der Waals surface area contributed by atoms with Crippen LogP contribution in [0.25, 0.3) is 0 Å². The Labute approximate surface area is 155 Å². The highest BCUT2D eigenvalue weighted by atomic mass is 16.5. The smallest absolute Gasteiger partial charge is 0.267 e. The number of amides is 1. The summed E-state index contributed by atoms with van der Waals surface area (Å²) in [6.45, 7) is 2.74. The molecule has 1 aromatic carbocycles. The number of H-pyrrole nitrogens is 3. The number of nitrogens with one attached hydrogen (secondary N) is 3. The minimum absolute atomic E-state index is 0.0512. The van der Waals surface area contributed by atoms with Crippen LogP contribution in [0.4, 0.5) is 0 Å². The van der Waals surface area contributed by atoms with Crippen molar-refractivity contribution in [1.29, 1.82) is 0 Å². The maximum atomic E-state index is 12.9. The molecule has 8 nitrogen and oxygen atoms in total. The van der Waals surface area contributed by atoms with Crippen molar-refractivity contribution in [3.8, 4) is 5.75 Å². The number of benzene rings is 1. The zero-order valence-corrected chi connectivity index (χ0v) is 15.2. The van der Waals surface area contributed by atoms with E-state index in [1.807, 2.05) is 24.3 Å². The number of aromatic amines is 3. The first-order valence-electron chi connectivity index (χ1n) is 8.76. The molecule has 1 aliphatic rings. The molecule has 0 spiro atoms. The lowest BCUT2D eigenvalue weighted by Gasteiger charge is -2.32. The minimum Gasteiger partial charge on any atom is -0.497 e. The number of carbonyl (C=O) groups is 1. The van der Waals surface area contributed by atoms with E-state index in [9.17, 15) is 9.59 Å². The fourth-order valence-electron chi connectivity index (χ4n) is 3.58. The topological polar surface area (TPSA) is 107 Å². The fraction of sp³-hybridized carbons (Fsp3) is 0.316. The Balaban J connectivity index is 1.63. The summed E-state index contributed by atoms with van der Waals surface area (Å²) in [5.41, 5.74) is 3.83. The largest absolute Gasteiger partial charge is 0.497 e. The van der Waals surface area contributed by atoms with Crippen molar-refractivity contribution in [2.24, 2.45) is 0 Å². The molecule has 8 heteroatoms. The van der Waals surface area contributed by atoms with Gasteiger partial charge < -0.3 is 19.7 Å². The molecule has 1 aliphatic heterocycles. The first kappa shape index (κ1) is 17.1. The molecule has 0 radical (unpaired) electrons. The second-order valence-electron chi connectivity index (χ2n) is 6.73. The van der Waals surface area contributed by atoms with Crippen molar-refractivity contribution < 1.29 is 9.53 Å². The predicted octanol–water partition coefficient (Wildman–Crippen LogP) is 1.46. The van der Waals surface area contributed by atoms with Crippen LogP contribution in [-0.2, 0) is 17.8 Å². The van der Waals surface area contributed by atoms with E-state index in [1.165, 1.54) is 0 Å². The third-order valence-corrected chi connectivity index (χ3v) is 5.10. The molecular weight excluding hydrogens is 346 g/mol. The van der Waals surface area contributed by atoms with E-state index in [2.05, 4.69) is 20.2 Å². The van der Waals surface area contributed by atoms with E-state index >= 15 is 0 Å². The second kappa shape index (κ2) is 6.79. The number of rotatable bonds is 4. The standard InChI is InChI=1S/C19H21N5O3/c1-11-14(19(26)23-22-11)7-17(25)24-8-15(18-16(9-24)20-10-21-18)12-4-3-5-13(6-12)27-2/h3-6,10,15H,7-9H2,1-2H3,(H,20,21)(H2,22,23,26). The average molecular weight is 367 g/mol. The van der Waals surface area contributed by atoms with Crippen molar-refractivity contribution in [3.05, 3.63) is 69.2 Å². The van der Waals surface area contributed by atoms with Gasteiger partial charge in [0, 0.05) is 23.7 Å². The van der Waals surface area contributed by atoms with Gasteiger partial charge in [0.05, 0.1) is 37.8 Å². The van der Waals surface area contributed by atoms with E-state index in [0.717, 1.165) is 22.7 Å². The monoisotopic (exact) mass is 367 g/mol. The van der Waals surface area contributed by atoms with Crippen LogP contribution in [0.3, 0.4) is 0 Å². The van der Waals surface area contributed by atoms with Gasteiger partial charge in [-0.15, -0.1) is 0 Å². The molecule has 0 bridgehead atoms. The molecule has 1 atom stereocenters. The Bertz CT molecular complexity index is 1030. The van der Waals surface area contributed by atoms with Crippen LogP contribution in [0, 0.1) is 6.92 Å². The van der Waals surface area contributed by atoms with Crippen LogP contribution in [0.2, 0.25) is 0 Å². The van der Waals surface area contributed by atoms with Gasteiger partial charge in [-0.05, 0) is 24.6 Å². The van der Waals surface area contributed by atoms with Gasteiger partial charge in [-0.1, -0.05) is 12.1 Å². The molecule has 1 unspecified atom stereocenters. The molecule has 3 aromatic rings. The number of ether oxygens (including phenoxy) is 1. The number of aryl methyl sites for hydroxylation is 1. The maximum Gasteiger partial charge on any atom is 0.267 e. The van der Waals surface area contributed by atoms with Crippen molar-refractivity contribution in [1.82, 2.24) is 25.1 Å². The highest BCUT2D eigenvalue weighted by Crippen LogP contribution is 2.33. The zero-order valence-electron chi connectivity index (χ0n) is 15.2. The molecule has 2 aromatic heterocycles. The maximum absolute atomic E-state index is 12.9. The van der Waals surface area contributed by atoms with Crippen molar-refractivity contribution in [2.45, 2.75) is 25.8 Å². The van der Waals surface area contributed by atoms with E-state index < -0.39 is 0 Å². The number of hydrogen-bond donors (Lipinski definition) is 3. The molecular formula is C19H21N5O3. The normalized spacial score (nSPS) is 16.2. The summed E-state index contributed by atoms with van der Waals surface area (Å²) >= 11 is 0. The van der Waals surface area contributed by atoms with Crippen LogP contribution in [0.1, 0.15) is 34.1 Å². The Morgan fingerprint density at radius 2 is 2.22 bits per heavy atom. The molecule has 4 rings (SSSR count). The van der Waals surface area contributed by atoms with Crippen LogP contribution >= 0.6 is 0 Å². The summed E-state index contributed by atoms with van der Waals surface area (Å²) in [7, 11) is 1.63. The second-order valence-corrected chi connectivity index (χ2v) is 6.73. The zero-order chi connectivity index (χ0) is 19.0. The molecule has 0 aliphatic carbocycles. The molecule has 0 saturated heterocycles.